The van der Waals surface area contributed by atoms with Crippen LogP contribution in [0.2, 0.25) is 0 Å². The Balaban J connectivity index is 2.25. The first-order chi connectivity index (χ1) is 9.50. The summed E-state index contributed by atoms with van der Waals surface area (Å²) in [7, 11) is 0. The molecule has 0 saturated carbocycles. The summed E-state index contributed by atoms with van der Waals surface area (Å²) in [5.41, 5.74) is 7.36. The van der Waals surface area contributed by atoms with Gasteiger partial charge in [-0.2, -0.15) is 0 Å². The molecule has 1 aliphatic heterocycles. The van der Waals surface area contributed by atoms with E-state index in [1.807, 2.05) is 22.8 Å². The molecule has 2 N–H and O–H groups in total. The van der Waals surface area contributed by atoms with Gasteiger partial charge in [-0.25, -0.2) is 4.39 Å². The Morgan fingerprint density at radius 3 is 2.70 bits per heavy atom. The SMILES string of the molecule is CC(=O)N1CCCN(c2c(F)cccc2[C@H](C)N)CC1. The first-order valence-electron chi connectivity index (χ1n) is 7.05. The minimum absolute atomic E-state index is 0.0767. The largest absolute Gasteiger partial charge is 0.367 e. The normalized spacial score (nSPS) is 17.8. The van der Waals surface area contributed by atoms with E-state index in [0.29, 0.717) is 18.8 Å². The number of carbonyl (C=O) groups is 1. The lowest BCUT2D eigenvalue weighted by molar-refractivity contribution is -0.128. The van der Waals surface area contributed by atoms with Crippen molar-refractivity contribution in [2.75, 3.05) is 31.1 Å². The number of rotatable bonds is 2. The zero-order valence-electron chi connectivity index (χ0n) is 12.1. The number of carbonyl (C=O) groups excluding carboxylic acids is 1. The number of para-hydroxylation sites is 1. The van der Waals surface area contributed by atoms with Crippen molar-refractivity contribution in [1.82, 2.24) is 4.90 Å². The zero-order valence-corrected chi connectivity index (χ0v) is 12.1. The van der Waals surface area contributed by atoms with Crippen LogP contribution in [0.4, 0.5) is 10.1 Å². The summed E-state index contributed by atoms with van der Waals surface area (Å²) in [4.78, 5) is 15.3. The van der Waals surface area contributed by atoms with Gasteiger partial charge in [-0.1, -0.05) is 12.1 Å². The van der Waals surface area contributed by atoms with E-state index in [1.54, 1.807) is 13.0 Å². The van der Waals surface area contributed by atoms with Gasteiger partial charge in [0.2, 0.25) is 5.91 Å². The van der Waals surface area contributed by atoms with Gasteiger partial charge in [-0.05, 0) is 25.0 Å². The topological polar surface area (TPSA) is 49.6 Å². The van der Waals surface area contributed by atoms with Crippen molar-refractivity contribution in [3.05, 3.63) is 29.6 Å². The number of amides is 1. The highest BCUT2D eigenvalue weighted by Gasteiger charge is 2.22. The number of anilines is 1. The van der Waals surface area contributed by atoms with E-state index in [2.05, 4.69) is 0 Å². The second-order valence-corrected chi connectivity index (χ2v) is 5.31. The van der Waals surface area contributed by atoms with Crippen molar-refractivity contribution in [2.24, 2.45) is 5.73 Å². The second-order valence-electron chi connectivity index (χ2n) is 5.31. The standard InChI is InChI=1S/C15H22FN3O/c1-11(17)13-5-3-6-14(16)15(13)19-8-4-7-18(9-10-19)12(2)20/h3,5-6,11H,4,7-10,17H2,1-2H3/t11-/m0/s1. The third-order valence-corrected chi connectivity index (χ3v) is 3.77. The van der Waals surface area contributed by atoms with Crippen LogP contribution in [0.1, 0.15) is 31.9 Å². The highest BCUT2D eigenvalue weighted by molar-refractivity contribution is 5.73. The predicted molar refractivity (Wildman–Crippen MR) is 78.1 cm³/mol. The lowest BCUT2D eigenvalue weighted by atomic mass is 10.1. The van der Waals surface area contributed by atoms with E-state index in [-0.39, 0.29) is 17.8 Å². The van der Waals surface area contributed by atoms with Crippen LogP contribution in [-0.2, 0) is 4.79 Å². The minimum Gasteiger partial charge on any atom is -0.367 e. The molecule has 1 aromatic carbocycles. The van der Waals surface area contributed by atoms with Crippen LogP contribution in [-0.4, -0.2) is 37.0 Å². The van der Waals surface area contributed by atoms with E-state index < -0.39 is 0 Å². The van der Waals surface area contributed by atoms with Crippen LogP contribution in [0.5, 0.6) is 0 Å². The molecule has 0 aromatic heterocycles. The summed E-state index contributed by atoms with van der Waals surface area (Å²) in [6.07, 6.45) is 0.840. The lowest BCUT2D eigenvalue weighted by Crippen LogP contribution is -2.34. The molecule has 1 amide bonds. The number of nitrogens with zero attached hydrogens (tertiary/aromatic N) is 2. The molecule has 0 spiro atoms. The maximum atomic E-state index is 14.2. The Morgan fingerprint density at radius 2 is 2.05 bits per heavy atom. The van der Waals surface area contributed by atoms with Gasteiger partial charge < -0.3 is 15.5 Å². The Hall–Kier alpha value is -1.62. The zero-order chi connectivity index (χ0) is 14.7. The quantitative estimate of drug-likeness (QED) is 0.899. The molecule has 1 fully saturated rings. The summed E-state index contributed by atoms with van der Waals surface area (Å²) in [6.45, 7) is 6.17. The Labute approximate surface area is 119 Å². The van der Waals surface area contributed by atoms with Gasteiger partial charge in [0, 0.05) is 39.1 Å². The fraction of sp³-hybridized carbons (Fsp3) is 0.533. The van der Waals surface area contributed by atoms with E-state index in [1.165, 1.54) is 6.07 Å². The minimum atomic E-state index is -0.240. The van der Waals surface area contributed by atoms with Crippen LogP contribution in [0.25, 0.3) is 0 Å². The van der Waals surface area contributed by atoms with Crippen LogP contribution >= 0.6 is 0 Å². The van der Waals surface area contributed by atoms with E-state index in [0.717, 1.165) is 25.1 Å². The average Bonchev–Trinajstić information content (AvgIpc) is 2.64. The van der Waals surface area contributed by atoms with Gasteiger partial charge >= 0.3 is 0 Å². The van der Waals surface area contributed by atoms with Crippen molar-refractivity contribution in [1.29, 1.82) is 0 Å². The van der Waals surface area contributed by atoms with Crippen LogP contribution in [0, 0.1) is 5.82 Å². The second kappa shape index (κ2) is 6.22. The van der Waals surface area contributed by atoms with Crippen LogP contribution in [0.15, 0.2) is 18.2 Å². The van der Waals surface area contributed by atoms with Gasteiger partial charge in [0.15, 0.2) is 0 Å². The summed E-state index contributed by atoms with van der Waals surface area (Å²) in [6, 6.07) is 4.82. The number of nitrogens with two attached hydrogens (primary N) is 1. The first kappa shape index (κ1) is 14.8. The van der Waals surface area contributed by atoms with Gasteiger partial charge in [0.25, 0.3) is 0 Å². The molecule has 1 heterocycles. The number of hydrogen-bond acceptors (Lipinski definition) is 3. The van der Waals surface area contributed by atoms with E-state index >= 15 is 0 Å². The van der Waals surface area contributed by atoms with Crippen molar-refractivity contribution in [3.8, 4) is 0 Å². The highest BCUT2D eigenvalue weighted by atomic mass is 19.1. The molecule has 1 atom stereocenters. The van der Waals surface area contributed by atoms with Crippen LogP contribution < -0.4 is 10.6 Å². The maximum absolute atomic E-state index is 14.2. The molecule has 20 heavy (non-hydrogen) atoms. The Kier molecular flexibility index (Phi) is 4.60. The van der Waals surface area contributed by atoms with Gasteiger partial charge in [-0.15, -0.1) is 0 Å². The predicted octanol–water partition coefficient (Wildman–Crippen LogP) is 1.90. The van der Waals surface area contributed by atoms with Gasteiger partial charge in [-0.3, -0.25) is 4.79 Å². The summed E-state index contributed by atoms with van der Waals surface area (Å²) in [5.74, 6) is -0.163. The third-order valence-electron chi connectivity index (χ3n) is 3.77. The van der Waals surface area contributed by atoms with Gasteiger partial charge in [0.05, 0.1) is 5.69 Å². The lowest BCUT2D eigenvalue weighted by Gasteiger charge is -2.27. The molecule has 2 rings (SSSR count). The molecule has 4 nitrogen and oxygen atoms in total. The van der Waals surface area contributed by atoms with Crippen LogP contribution in [0.3, 0.4) is 0 Å². The Bertz CT molecular complexity index is 490. The molecule has 0 aliphatic carbocycles. The number of halogens is 1. The van der Waals surface area contributed by atoms with E-state index in [4.69, 9.17) is 5.73 Å². The van der Waals surface area contributed by atoms with Crippen molar-refractivity contribution in [2.45, 2.75) is 26.3 Å². The molecule has 1 saturated heterocycles. The fourth-order valence-corrected chi connectivity index (χ4v) is 2.69. The third kappa shape index (κ3) is 3.10. The molecule has 1 aromatic rings. The first-order valence-corrected chi connectivity index (χ1v) is 7.05. The summed E-state index contributed by atoms with van der Waals surface area (Å²) < 4.78 is 14.2. The number of hydrogen-bond donors (Lipinski definition) is 1. The van der Waals surface area contributed by atoms with Gasteiger partial charge in [0.1, 0.15) is 5.82 Å². The number of benzene rings is 1. The monoisotopic (exact) mass is 279 g/mol. The van der Waals surface area contributed by atoms with Crippen molar-refractivity contribution < 1.29 is 9.18 Å². The smallest absolute Gasteiger partial charge is 0.219 e. The Morgan fingerprint density at radius 1 is 1.30 bits per heavy atom. The molecule has 5 heteroatoms. The summed E-state index contributed by atoms with van der Waals surface area (Å²) >= 11 is 0. The van der Waals surface area contributed by atoms with Crippen molar-refractivity contribution >= 4 is 11.6 Å². The fourth-order valence-electron chi connectivity index (χ4n) is 2.69. The molecule has 0 bridgehead atoms. The molecule has 110 valence electrons. The molecule has 0 unspecified atom stereocenters. The van der Waals surface area contributed by atoms with Crippen molar-refractivity contribution in [3.63, 3.8) is 0 Å². The molecular weight excluding hydrogens is 257 g/mol. The van der Waals surface area contributed by atoms with E-state index in [9.17, 15) is 9.18 Å². The summed E-state index contributed by atoms with van der Waals surface area (Å²) in [5, 5.41) is 0. The average molecular weight is 279 g/mol. The molecule has 1 aliphatic rings. The maximum Gasteiger partial charge on any atom is 0.219 e. The molecule has 0 radical (unpaired) electrons. The molecular formula is C15H22FN3O. The highest BCUT2D eigenvalue weighted by Crippen LogP contribution is 2.29.